The maximum atomic E-state index is 12.7. The molecule has 0 fully saturated rings. The molecule has 0 saturated carbocycles. The van der Waals surface area contributed by atoms with Gasteiger partial charge in [0.25, 0.3) is 0 Å². The number of amides is 3. The van der Waals surface area contributed by atoms with Crippen LogP contribution in [0.5, 0.6) is 0 Å². The number of aliphatic imine (C=N–C) groups is 1. The number of guanidine groups is 1. The van der Waals surface area contributed by atoms with Crippen LogP contribution < -0.4 is 33.2 Å². The van der Waals surface area contributed by atoms with Crippen molar-refractivity contribution >= 4 is 35.6 Å². The third kappa shape index (κ3) is 11.6. The van der Waals surface area contributed by atoms with Gasteiger partial charge in [-0.15, -0.1) is 0 Å². The van der Waals surface area contributed by atoms with Crippen molar-refractivity contribution in [2.75, 3.05) is 13.2 Å². The summed E-state index contributed by atoms with van der Waals surface area (Å²) < 4.78 is 0. The molecule has 0 heterocycles. The molecule has 4 atom stereocenters. The van der Waals surface area contributed by atoms with Crippen LogP contribution in [0.1, 0.15) is 33.1 Å². The highest BCUT2D eigenvalue weighted by Crippen LogP contribution is 2.06. The molecule has 33 heavy (non-hydrogen) atoms. The molecule has 0 aromatic rings. The fraction of sp³-hybridized carbons (Fsp3) is 0.667. The van der Waals surface area contributed by atoms with Crippen molar-refractivity contribution in [3.8, 4) is 0 Å². The molecule has 0 bridgehead atoms. The number of aliphatic hydroxyl groups is 1. The number of hydrogen-bond donors (Lipinski definition) is 9. The van der Waals surface area contributed by atoms with Gasteiger partial charge in [0.05, 0.1) is 19.1 Å². The Kier molecular flexibility index (Phi) is 13.0. The van der Waals surface area contributed by atoms with Gasteiger partial charge in [-0.3, -0.25) is 24.2 Å². The molecule has 0 aromatic heterocycles. The first-order chi connectivity index (χ1) is 15.3. The summed E-state index contributed by atoms with van der Waals surface area (Å²) in [5, 5.41) is 33.6. The standard InChI is InChI=1S/C18H33N7O8/c1-8(2)13(25-14(29)9(19)4-3-5-22-18(20)21)16(31)23-10(6-12(27)28)15(30)24-11(7-26)17(32)33/h8-11,13,26H,3-7,19H2,1-2H3,(H,23,31)(H,24,30)(H,25,29)(H,27,28)(H,32,33)(H4,20,21,22). The summed E-state index contributed by atoms with van der Waals surface area (Å²) in [6.45, 7) is 2.52. The molecule has 0 aliphatic rings. The van der Waals surface area contributed by atoms with E-state index >= 15 is 0 Å². The van der Waals surface area contributed by atoms with E-state index in [1.165, 1.54) is 0 Å². The third-order valence-electron chi connectivity index (χ3n) is 4.36. The van der Waals surface area contributed by atoms with Gasteiger partial charge in [0.15, 0.2) is 5.96 Å². The minimum absolute atomic E-state index is 0.0989. The number of carboxylic acids is 2. The Morgan fingerprint density at radius 2 is 1.48 bits per heavy atom. The van der Waals surface area contributed by atoms with E-state index in [2.05, 4.69) is 15.6 Å². The molecule has 15 heteroatoms. The van der Waals surface area contributed by atoms with Gasteiger partial charge in [0.2, 0.25) is 17.7 Å². The van der Waals surface area contributed by atoms with Crippen LogP contribution in [-0.2, 0) is 24.0 Å². The highest BCUT2D eigenvalue weighted by atomic mass is 16.4. The number of rotatable bonds is 15. The zero-order valence-electron chi connectivity index (χ0n) is 18.5. The molecular weight excluding hydrogens is 442 g/mol. The maximum Gasteiger partial charge on any atom is 0.328 e. The summed E-state index contributed by atoms with van der Waals surface area (Å²) in [6, 6.07) is -5.50. The number of nitrogens with one attached hydrogen (secondary N) is 3. The Balaban J connectivity index is 5.23. The summed E-state index contributed by atoms with van der Waals surface area (Å²) in [4.78, 5) is 63.3. The smallest absolute Gasteiger partial charge is 0.328 e. The predicted molar refractivity (Wildman–Crippen MR) is 115 cm³/mol. The zero-order valence-corrected chi connectivity index (χ0v) is 18.5. The molecule has 0 aromatic carbocycles. The van der Waals surface area contributed by atoms with Crippen LogP contribution in [0.3, 0.4) is 0 Å². The number of carbonyl (C=O) groups excluding carboxylic acids is 3. The monoisotopic (exact) mass is 475 g/mol. The van der Waals surface area contributed by atoms with Crippen molar-refractivity contribution in [2.45, 2.75) is 57.3 Å². The molecule has 188 valence electrons. The second-order valence-electron chi connectivity index (χ2n) is 7.53. The number of aliphatic carboxylic acids is 2. The van der Waals surface area contributed by atoms with Crippen LogP contribution in [0.4, 0.5) is 0 Å². The highest BCUT2D eigenvalue weighted by Gasteiger charge is 2.32. The number of carbonyl (C=O) groups is 5. The van der Waals surface area contributed by atoms with Gasteiger partial charge in [0, 0.05) is 6.54 Å². The number of hydrogen-bond acceptors (Lipinski definition) is 8. The second kappa shape index (κ2) is 14.6. The van der Waals surface area contributed by atoms with E-state index in [0.29, 0.717) is 6.42 Å². The minimum atomic E-state index is -1.69. The van der Waals surface area contributed by atoms with E-state index in [1.54, 1.807) is 13.8 Å². The number of carboxylic acid groups (broad SMARTS) is 2. The fourth-order valence-corrected chi connectivity index (χ4v) is 2.55. The first-order valence-corrected chi connectivity index (χ1v) is 10.1. The first kappa shape index (κ1) is 29.5. The molecule has 4 unspecified atom stereocenters. The maximum absolute atomic E-state index is 12.7. The highest BCUT2D eigenvalue weighted by molar-refractivity contribution is 5.95. The minimum Gasteiger partial charge on any atom is -0.481 e. The largest absolute Gasteiger partial charge is 0.481 e. The number of aliphatic hydroxyl groups excluding tert-OH is 1. The van der Waals surface area contributed by atoms with E-state index in [1.807, 2.05) is 5.32 Å². The molecule has 0 rings (SSSR count). The molecule has 12 N–H and O–H groups in total. The number of nitrogens with two attached hydrogens (primary N) is 3. The SMILES string of the molecule is CC(C)C(NC(=O)C(N)CCCN=C(N)N)C(=O)NC(CC(=O)O)C(=O)NC(CO)C(=O)O. The van der Waals surface area contributed by atoms with Crippen LogP contribution >= 0.6 is 0 Å². The van der Waals surface area contributed by atoms with E-state index < -0.39 is 72.8 Å². The molecule has 15 nitrogen and oxygen atoms in total. The van der Waals surface area contributed by atoms with E-state index in [4.69, 9.17) is 32.5 Å². The average molecular weight is 476 g/mol. The Morgan fingerprint density at radius 3 is 1.94 bits per heavy atom. The van der Waals surface area contributed by atoms with Crippen molar-refractivity contribution in [1.29, 1.82) is 0 Å². The lowest BCUT2D eigenvalue weighted by Gasteiger charge is -2.26. The fourth-order valence-electron chi connectivity index (χ4n) is 2.55. The van der Waals surface area contributed by atoms with Crippen molar-refractivity contribution in [1.82, 2.24) is 16.0 Å². The van der Waals surface area contributed by atoms with Crippen LogP contribution in [0, 0.1) is 5.92 Å². The molecular formula is C18H33N7O8. The van der Waals surface area contributed by atoms with Gasteiger partial charge in [-0.25, -0.2) is 4.79 Å². The van der Waals surface area contributed by atoms with E-state index in [-0.39, 0.29) is 18.9 Å². The van der Waals surface area contributed by atoms with Crippen molar-refractivity contribution in [3.63, 3.8) is 0 Å². The molecule has 0 saturated heterocycles. The molecule has 0 aliphatic heterocycles. The predicted octanol–water partition coefficient (Wildman–Crippen LogP) is -3.97. The number of nitrogens with zero attached hydrogens (tertiary/aromatic N) is 1. The Morgan fingerprint density at radius 1 is 0.909 bits per heavy atom. The van der Waals surface area contributed by atoms with Gasteiger partial charge in [0.1, 0.15) is 18.1 Å². The Bertz CT molecular complexity index is 739. The van der Waals surface area contributed by atoms with Gasteiger partial charge >= 0.3 is 11.9 Å². The van der Waals surface area contributed by atoms with Crippen molar-refractivity contribution in [2.24, 2.45) is 28.1 Å². The van der Waals surface area contributed by atoms with Gasteiger partial charge in [-0.2, -0.15) is 0 Å². The topological polar surface area (TPSA) is 273 Å². The first-order valence-electron chi connectivity index (χ1n) is 10.1. The van der Waals surface area contributed by atoms with E-state index in [0.717, 1.165) is 0 Å². The van der Waals surface area contributed by atoms with Crippen molar-refractivity contribution in [3.05, 3.63) is 0 Å². The Labute approximate surface area is 190 Å². The summed E-state index contributed by atoms with van der Waals surface area (Å²) >= 11 is 0. The van der Waals surface area contributed by atoms with Crippen LogP contribution in [0.15, 0.2) is 4.99 Å². The third-order valence-corrected chi connectivity index (χ3v) is 4.36. The summed E-state index contributed by atoms with van der Waals surface area (Å²) in [6.07, 6.45) is -0.239. The van der Waals surface area contributed by atoms with Gasteiger partial charge < -0.3 is 48.5 Å². The summed E-state index contributed by atoms with van der Waals surface area (Å²) in [5.74, 6) is -6.22. The lowest BCUT2D eigenvalue weighted by atomic mass is 10.0. The average Bonchev–Trinajstić information content (AvgIpc) is 2.70. The lowest BCUT2D eigenvalue weighted by Crippen LogP contribution is -2.59. The lowest BCUT2D eigenvalue weighted by molar-refractivity contribution is -0.144. The molecule has 3 amide bonds. The summed E-state index contributed by atoms with van der Waals surface area (Å²) in [7, 11) is 0. The second-order valence-corrected chi connectivity index (χ2v) is 7.53. The van der Waals surface area contributed by atoms with Gasteiger partial charge in [-0.05, 0) is 18.8 Å². The summed E-state index contributed by atoms with van der Waals surface area (Å²) in [5.41, 5.74) is 16.2. The normalized spacial score (nSPS) is 14.3. The van der Waals surface area contributed by atoms with Crippen LogP contribution in [-0.4, -0.2) is 88.3 Å². The van der Waals surface area contributed by atoms with Crippen LogP contribution in [0.25, 0.3) is 0 Å². The van der Waals surface area contributed by atoms with E-state index in [9.17, 15) is 24.0 Å². The Hall–Kier alpha value is -3.46. The zero-order chi connectivity index (χ0) is 25.7. The molecule has 0 spiro atoms. The van der Waals surface area contributed by atoms with Crippen LogP contribution in [0.2, 0.25) is 0 Å². The quantitative estimate of drug-likeness (QED) is 0.0625. The van der Waals surface area contributed by atoms with Crippen molar-refractivity contribution < 1.29 is 39.3 Å². The molecule has 0 aliphatic carbocycles. The van der Waals surface area contributed by atoms with Gasteiger partial charge in [-0.1, -0.05) is 13.8 Å². The molecule has 0 radical (unpaired) electrons.